The summed E-state index contributed by atoms with van der Waals surface area (Å²) in [4.78, 5) is 17.4. The molecule has 10 aromatic rings. The fourth-order valence-corrected chi connectivity index (χ4v) is 16.1. The zero-order chi connectivity index (χ0) is 65.3. The SMILES string of the molecule is Bc1c(B)c(B)c(-c2nc(-c3c(B)c(B)c(B)c(B)c3B)nc(-c3c(B)c(B)c(-c4c(B)c(B)c(B)c(-c5c(B)c(B)c(B)c(B)c5B)c4B)c4oc5c(-c6c(B)c(B)c(B)c(-c7c(B)c(B)c(B)c(B)c7B)c6B)c(B)c(B)c(B)c5c34)n2)c(B)c1B. The molecule has 8 aromatic carbocycles. The van der Waals surface area contributed by atoms with Gasteiger partial charge in [-0.15, -0.1) is 76.5 Å². The van der Waals surface area contributed by atoms with Crippen LogP contribution in [0.5, 0.6) is 0 Å². The number of rotatable bonds is 7. The molecule has 10 rings (SSSR count). The summed E-state index contributed by atoms with van der Waals surface area (Å²) in [6, 6.07) is 0. The van der Waals surface area contributed by atoms with Gasteiger partial charge in [0.25, 0.3) is 0 Å². The Bertz CT molecular complexity index is 4700. The lowest BCUT2D eigenvalue weighted by molar-refractivity contribution is 0.672. The predicted molar refractivity (Wildman–Crippen MR) is 495 cm³/mol. The van der Waals surface area contributed by atoms with E-state index in [2.05, 4.69) is 259 Å². The van der Waals surface area contributed by atoms with Gasteiger partial charge >= 0.3 is 0 Å². The van der Waals surface area contributed by atoms with E-state index in [0.29, 0.717) is 17.5 Å². The van der Waals surface area contributed by atoms with Crippen LogP contribution in [0.2, 0.25) is 0 Å². The Balaban J connectivity index is 1.49. The molecule has 4 nitrogen and oxygen atoms in total. The minimum absolute atomic E-state index is 0.659. The van der Waals surface area contributed by atoms with Gasteiger partial charge in [-0.05, 0) is 33.4 Å². The summed E-state index contributed by atoms with van der Waals surface area (Å²) in [5.74, 6) is 2.05. The Morgan fingerprint density at radius 1 is 0.136 bits per heavy atom. The second-order valence-corrected chi connectivity index (χ2v) is 27.6. The molecule has 0 spiro atoms. The highest BCUT2D eigenvalue weighted by molar-refractivity contribution is 6.76. The van der Waals surface area contributed by atoms with E-state index in [1.807, 2.05) is 0 Å². The van der Waals surface area contributed by atoms with Crippen LogP contribution in [-0.2, 0) is 0 Å². The van der Waals surface area contributed by atoms with E-state index < -0.39 is 0 Å². The quantitative estimate of drug-likeness (QED) is 0.149. The molecule has 0 bridgehead atoms. The lowest BCUT2D eigenvalue weighted by atomic mass is 9.55. The van der Waals surface area contributed by atoms with E-state index in [-0.39, 0.29) is 0 Å². The summed E-state index contributed by atoms with van der Waals surface area (Å²) in [5.41, 5.74) is 57.5. The van der Waals surface area contributed by atoms with Gasteiger partial charge in [-0.3, -0.25) is 0 Å². The predicted octanol–water partition coefficient (Wildman–Crippen LogP) is -44.0. The smallest absolute Gasteiger partial charge is 0.164 e. The van der Waals surface area contributed by atoms with Crippen molar-refractivity contribution in [3.8, 4) is 78.7 Å². The first-order chi connectivity index (χ1) is 41.0. The van der Waals surface area contributed by atoms with E-state index in [4.69, 9.17) is 19.4 Å². The Morgan fingerprint density at radius 3 is 0.580 bits per heavy atom. The van der Waals surface area contributed by atoms with Crippen molar-refractivity contribution in [3.05, 3.63) is 0 Å². The number of benzene rings is 8. The second kappa shape index (κ2) is 23.1. The van der Waals surface area contributed by atoms with E-state index >= 15 is 0 Å². The Labute approximate surface area is 555 Å². The number of nitrogens with zero attached hydrogens (tertiary/aromatic N) is 3. The summed E-state index contributed by atoms with van der Waals surface area (Å²) in [7, 11) is 76.1. The van der Waals surface area contributed by atoms with Gasteiger partial charge in [-0.1, -0.05) is 104 Å². The lowest BCUT2D eigenvalue weighted by Gasteiger charge is -2.28. The molecule has 0 radical (unpaired) electrons. The third-order valence-electron chi connectivity index (χ3n) is 24.4. The molecule has 0 atom stereocenters. The van der Waals surface area contributed by atoms with Crippen molar-refractivity contribution in [2.24, 2.45) is 0 Å². The fourth-order valence-electron chi connectivity index (χ4n) is 16.1. The van der Waals surface area contributed by atoms with Crippen LogP contribution >= 0.6 is 0 Å². The van der Waals surface area contributed by atoms with Gasteiger partial charge in [0.1, 0.15) is 270 Å². The van der Waals surface area contributed by atoms with Crippen LogP contribution in [0.3, 0.4) is 0 Å². The van der Waals surface area contributed by atoms with Gasteiger partial charge in [-0.25, -0.2) is 15.0 Å². The molecule has 0 aliphatic carbocycles. The average molecular weight is 1090 g/mol. The maximum Gasteiger partial charge on any atom is 0.164 e. The molecule has 2 heterocycles. The molecule has 88 heavy (non-hydrogen) atoms. The van der Waals surface area contributed by atoms with Gasteiger partial charge in [0.05, 0.1) is 0 Å². The zero-order valence-corrected chi connectivity index (χ0v) is 60.2. The van der Waals surface area contributed by atoms with Gasteiger partial charge < -0.3 is 4.42 Å². The molecular weight excluding hydrogens is 1030 g/mol. The lowest BCUT2D eigenvalue weighted by Crippen LogP contribution is -2.57. The molecule has 37 heteroatoms. The summed E-state index contributed by atoms with van der Waals surface area (Å²) in [6.07, 6.45) is 0. The first kappa shape index (κ1) is 65.7. The van der Waals surface area contributed by atoms with Gasteiger partial charge in [0, 0.05) is 38.6 Å². The van der Waals surface area contributed by atoms with Crippen LogP contribution in [-0.4, -0.2) is 274 Å². The molecule has 0 aliphatic rings. The van der Waals surface area contributed by atoms with Crippen molar-refractivity contribution >= 4 is 461 Å². The monoisotopic (exact) mass is 1100 g/mol. The zero-order valence-electron chi connectivity index (χ0n) is 60.2. The van der Waals surface area contributed by atoms with Crippen LogP contribution in [0.25, 0.3) is 101 Å². The molecular formula is C51H66B33N3O. The number of aromatic nitrogens is 3. The van der Waals surface area contributed by atoms with Crippen LogP contribution in [0.4, 0.5) is 0 Å². The van der Waals surface area contributed by atoms with Crippen LogP contribution in [0.1, 0.15) is 0 Å². The van der Waals surface area contributed by atoms with Crippen molar-refractivity contribution in [3.63, 3.8) is 0 Å². The first-order valence-corrected chi connectivity index (χ1v) is 32.2. The fraction of sp³-hybridized carbons (Fsp3) is 0. The van der Waals surface area contributed by atoms with E-state index in [1.165, 1.54) is 203 Å². The van der Waals surface area contributed by atoms with Crippen molar-refractivity contribution in [1.82, 2.24) is 15.0 Å². The van der Waals surface area contributed by atoms with Gasteiger partial charge in [0.15, 0.2) is 17.5 Å². The van der Waals surface area contributed by atoms with E-state index in [1.54, 1.807) is 0 Å². The van der Waals surface area contributed by atoms with Crippen molar-refractivity contribution in [2.75, 3.05) is 0 Å². The Morgan fingerprint density at radius 2 is 0.295 bits per heavy atom. The molecule has 0 unspecified atom stereocenters. The standard InChI is InChI=1S/C51H66B33N3O/c52-14-2(4-18(56)35(73)43(81)36(74)19(4)57)16(54)32(70)22(60)6(14)9-24(62)27(65)11(49-85-50(12-28(66)39(77)45(83)40(78)29(12)67)87-51(86-49)13-30(68)41(79)46(84)42(80)31(13)69)1-8-25(63)34(72)26(64)10(48(8)88-47(1)9)7-15(53)3(17(55)33(71)23(7)61)5-20(58)37(75)44(82)38(76)21(5)59/h52-84H2. The highest BCUT2D eigenvalue weighted by atomic mass is 16.3. The van der Waals surface area contributed by atoms with Gasteiger partial charge in [0.2, 0.25) is 0 Å². The topological polar surface area (TPSA) is 51.8 Å². The Kier molecular flexibility index (Phi) is 17.3. The van der Waals surface area contributed by atoms with Crippen LogP contribution in [0.15, 0.2) is 4.42 Å². The van der Waals surface area contributed by atoms with Crippen molar-refractivity contribution in [1.29, 1.82) is 0 Å². The summed E-state index contributed by atoms with van der Waals surface area (Å²) < 4.78 is 8.22. The molecule has 0 N–H and O–H groups in total. The molecule has 0 fully saturated rings. The van der Waals surface area contributed by atoms with Crippen LogP contribution in [0, 0.1) is 0 Å². The highest BCUT2D eigenvalue weighted by Gasteiger charge is 2.33. The minimum Gasteiger partial charge on any atom is -0.455 e. The normalized spacial score (nSPS) is 11.5. The van der Waals surface area contributed by atoms with Crippen LogP contribution < -0.4 is 180 Å². The maximum atomic E-state index is 8.22. The second-order valence-electron chi connectivity index (χ2n) is 27.6. The number of hydrogen-bond donors (Lipinski definition) is 0. The number of hydrogen-bond acceptors (Lipinski definition) is 4. The van der Waals surface area contributed by atoms with E-state index in [0.717, 1.165) is 60.7 Å². The molecule has 390 valence electrons. The third kappa shape index (κ3) is 9.31. The Hall–Kier alpha value is -5.29. The molecule has 0 saturated heterocycles. The summed E-state index contributed by atoms with van der Waals surface area (Å²) >= 11 is 0. The average Bonchev–Trinajstić information content (AvgIpc) is 1.44. The van der Waals surface area contributed by atoms with Crippen molar-refractivity contribution < 1.29 is 4.42 Å². The minimum atomic E-state index is 0.659. The molecule has 0 amide bonds. The summed E-state index contributed by atoms with van der Waals surface area (Å²) in [6.45, 7) is 0. The van der Waals surface area contributed by atoms with E-state index in [9.17, 15) is 0 Å². The molecule has 0 aliphatic heterocycles. The maximum absolute atomic E-state index is 8.22. The number of furan rings is 1. The largest absolute Gasteiger partial charge is 0.455 e. The number of fused-ring (bicyclic) bond motifs is 3. The van der Waals surface area contributed by atoms with Gasteiger partial charge in [-0.2, -0.15) is 0 Å². The highest BCUT2D eigenvalue weighted by Crippen LogP contribution is 2.41. The molecule has 2 aromatic heterocycles. The summed E-state index contributed by atoms with van der Waals surface area (Å²) in [5, 5.41) is 2.17. The first-order valence-electron chi connectivity index (χ1n) is 32.2. The third-order valence-corrected chi connectivity index (χ3v) is 24.4. The molecule has 0 saturated carbocycles. The van der Waals surface area contributed by atoms with Crippen molar-refractivity contribution in [2.45, 2.75) is 0 Å².